The minimum atomic E-state index is -0.755. The number of carbonyl (C=O) groups excluding carboxylic acids is 3. The number of hydrogen-bond donors (Lipinski definition) is 2. The zero-order valence-electron chi connectivity index (χ0n) is 18.8. The van der Waals surface area contributed by atoms with Crippen LogP contribution in [0.5, 0.6) is 0 Å². The second-order valence-corrected chi connectivity index (χ2v) is 5.66. The fourth-order valence-electron chi connectivity index (χ4n) is 1.92. The molecule has 0 aliphatic carbocycles. The van der Waals surface area contributed by atoms with Crippen LogP contribution >= 0.6 is 0 Å². The Hall–Kier alpha value is -2.73. The quantitative estimate of drug-likeness (QED) is 0.306. The average Bonchev–Trinajstić information content (AvgIpc) is 2.76. The normalized spacial score (nSPS) is 12.4. The third kappa shape index (κ3) is 11.0. The van der Waals surface area contributed by atoms with Crippen molar-refractivity contribution < 1.29 is 24.3 Å². The number of ketones is 2. The first-order valence-corrected chi connectivity index (χ1v) is 9.86. The van der Waals surface area contributed by atoms with Gasteiger partial charge < -0.3 is 4.74 Å². The summed E-state index contributed by atoms with van der Waals surface area (Å²) in [6, 6.07) is 7.49. The summed E-state index contributed by atoms with van der Waals surface area (Å²) in [6.07, 6.45) is 4.97. The third-order valence-electron chi connectivity index (χ3n) is 3.67. The molecule has 1 atom stereocenters. The number of nitrogens with one attached hydrogen (secondary N) is 1. The summed E-state index contributed by atoms with van der Waals surface area (Å²) in [6.45, 7) is 14.2. The number of hydrogen-bond acceptors (Lipinski definition) is 5. The van der Waals surface area contributed by atoms with Gasteiger partial charge in [0.15, 0.2) is 5.78 Å². The molecule has 1 unspecified atom stereocenters. The zero-order valence-corrected chi connectivity index (χ0v) is 18.8. The number of carbonyl (C=O) groups is 3. The van der Waals surface area contributed by atoms with Gasteiger partial charge in [-0.25, -0.2) is 5.48 Å². The first kappa shape index (κ1) is 28.5. The van der Waals surface area contributed by atoms with Crippen LogP contribution in [0.2, 0.25) is 0 Å². The van der Waals surface area contributed by atoms with Crippen LogP contribution in [0.3, 0.4) is 0 Å². The fourth-order valence-corrected chi connectivity index (χ4v) is 1.92. The molecule has 0 aromatic heterocycles. The van der Waals surface area contributed by atoms with Gasteiger partial charge >= 0.3 is 0 Å². The molecule has 29 heavy (non-hydrogen) atoms. The molecule has 162 valence electrons. The Morgan fingerprint density at radius 1 is 1.00 bits per heavy atom. The molecule has 0 spiro atoms. The lowest BCUT2D eigenvalue weighted by Gasteiger charge is -2.14. The molecule has 1 amide bonds. The molecular formula is C23H35NO5. The Kier molecular flexibility index (Phi) is 16.0. The highest BCUT2D eigenvalue weighted by Crippen LogP contribution is 2.24. The summed E-state index contributed by atoms with van der Waals surface area (Å²) in [5.74, 6) is 0.198. The molecule has 0 radical (unpaired) electrons. The number of allylic oxidation sites excluding steroid dienone is 3. The molecule has 1 aromatic rings. The molecule has 0 saturated heterocycles. The Morgan fingerprint density at radius 3 is 1.86 bits per heavy atom. The van der Waals surface area contributed by atoms with Crippen molar-refractivity contribution in [2.24, 2.45) is 5.92 Å². The predicted molar refractivity (Wildman–Crippen MR) is 116 cm³/mol. The molecule has 1 aromatic carbocycles. The lowest BCUT2D eigenvalue weighted by molar-refractivity contribution is -0.138. The highest BCUT2D eigenvalue weighted by molar-refractivity contribution is 5.99. The van der Waals surface area contributed by atoms with E-state index in [1.807, 2.05) is 71.0 Å². The Bertz CT molecular complexity index is 702. The standard InChI is InChI=1S/C14H14O2.C5H9NO3.2C2H6/c1-10-4-3-5-14(16-10)13-8-6-12(7-9-13)11(2)15;1-3(4(2)7)5(8)6-9;2*1-2/h4-9H,3H2,1-2H3;3,9H,1-2H3,(H,6,8);2*1-2H3. The molecule has 6 nitrogen and oxygen atoms in total. The van der Waals surface area contributed by atoms with Gasteiger partial charge in [0.2, 0.25) is 0 Å². The highest BCUT2D eigenvalue weighted by Gasteiger charge is 2.15. The van der Waals surface area contributed by atoms with Gasteiger partial charge in [-0.05, 0) is 46.3 Å². The second kappa shape index (κ2) is 16.2. The minimum absolute atomic E-state index is 0.0844. The van der Waals surface area contributed by atoms with E-state index in [9.17, 15) is 14.4 Å². The van der Waals surface area contributed by atoms with Gasteiger partial charge in [0.25, 0.3) is 5.91 Å². The summed E-state index contributed by atoms with van der Waals surface area (Å²) in [4.78, 5) is 31.9. The molecular weight excluding hydrogens is 370 g/mol. The summed E-state index contributed by atoms with van der Waals surface area (Å²) in [7, 11) is 0. The van der Waals surface area contributed by atoms with Gasteiger partial charge in [-0.3, -0.25) is 19.6 Å². The predicted octanol–water partition coefficient (Wildman–Crippen LogP) is 5.32. The van der Waals surface area contributed by atoms with Crippen LogP contribution < -0.4 is 5.48 Å². The first-order valence-electron chi connectivity index (χ1n) is 9.86. The number of rotatable bonds is 4. The number of hydroxylamine groups is 1. The van der Waals surface area contributed by atoms with E-state index < -0.39 is 11.8 Å². The van der Waals surface area contributed by atoms with Crippen LogP contribution in [0, 0.1) is 5.92 Å². The Labute approximate surface area is 174 Å². The van der Waals surface area contributed by atoms with Crippen molar-refractivity contribution in [2.45, 2.75) is 61.8 Å². The van der Waals surface area contributed by atoms with Gasteiger partial charge in [-0.15, -0.1) is 0 Å². The van der Waals surface area contributed by atoms with Gasteiger partial charge in [-0.1, -0.05) is 52.0 Å². The van der Waals surface area contributed by atoms with E-state index >= 15 is 0 Å². The lowest BCUT2D eigenvalue weighted by Crippen LogP contribution is -2.29. The lowest BCUT2D eigenvalue weighted by atomic mass is 10.1. The SMILES string of the molecule is CC.CC.CC(=O)C(C)C(=O)NO.CC(=O)c1ccc(C2=CCC=C(C)O2)cc1. The topological polar surface area (TPSA) is 92.7 Å². The van der Waals surface area contributed by atoms with Crippen molar-refractivity contribution in [3.63, 3.8) is 0 Å². The van der Waals surface area contributed by atoms with Crippen molar-refractivity contribution in [1.82, 2.24) is 5.48 Å². The molecule has 0 fully saturated rings. The van der Waals surface area contributed by atoms with E-state index in [1.54, 1.807) is 6.92 Å². The average molecular weight is 406 g/mol. The summed E-state index contributed by atoms with van der Waals surface area (Å²) < 4.78 is 5.61. The Balaban J connectivity index is 0. The van der Waals surface area contributed by atoms with Crippen molar-refractivity contribution in [3.05, 3.63) is 53.3 Å². The zero-order chi connectivity index (χ0) is 23.0. The van der Waals surface area contributed by atoms with Crippen molar-refractivity contribution >= 4 is 23.2 Å². The monoisotopic (exact) mass is 405 g/mol. The van der Waals surface area contributed by atoms with Crippen molar-refractivity contribution in [1.29, 1.82) is 0 Å². The van der Waals surface area contributed by atoms with E-state index in [0.717, 1.165) is 29.1 Å². The van der Waals surface area contributed by atoms with Crippen LogP contribution in [-0.4, -0.2) is 22.7 Å². The third-order valence-corrected chi connectivity index (χ3v) is 3.67. The molecule has 1 aliphatic heterocycles. The van der Waals surface area contributed by atoms with Crippen LogP contribution in [0.25, 0.3) is 5.76 Å². The molecule has 1 aliphatic rings. The van der Waals surface area contributed by atoms with Gasteiger partial charge in [0.1, 0.15) is 11.5 Å². The maximum Gasteiger partial charge on any atom is 0.253 e. The highest BCUT2D eigenvalue weighted by atomic mass is 16.5. The molecule has 1 heterocycles. The van der Waals surface area contributed by atoms with Crippen LogP contribution in [-0.2, 0) is 14.3 Å². The molecule has 2 rings (SSSR count). The maximum absolute atomic E-state index is 11.1. The molecule has 2 N–H and O–H groups in total. The van der Waals surface area contributed by atoms with E-state index in [0.29, 0.717) is 0 Å². The van der Waals surface area contributed by atoms with Crippen molar-refractivity contribution in [2.75, 3.05) is 0 Å². The summed E-state index contributed by atoms with van der Waals surface area (Å²) in [5, 5.41) is 8.00. The number of benzene rings is 1. The van der Waals surface area contributed by atoms with Crippen molar-refractivity contribution in [3.8, 4) is 0 Å². The number of amides is 1. The summed E-state index contributed by atoms with van der Waals surface area (Å²) in [5.41, 5.74) is 3.13. The summed E-state index contributed by atoms with van der Waals surface area (Å²) >= 11 is 0. The second-order valence-electron chi connectivity index (χ2n) is 5.66. The van der Waals surface area contributed by atoms with Gasteiger partial charge in [-0.2, -0.15) is 0 Å². The number of Topliss-reactive ketones (excluding diaryl/α,β-unsaturated/α-hetero) is 2. The van der Waals surface area contributed by atoms with E-state index in [2.05, 4.69) is 0 Å². The maximum atomic E-state index is 11.1. The van der Waals surface area contributed by atoms with Gasteiger partial charge in [0, 0.05) is 11.1 Å². The van der Waals surface area contributed by atoms with E-state index in [1.165, 1.54) is 19.3 Å². The number of ether oxygens (including phenoxy) is 1. The fraction of sp³-hybridized carbons (Fsp3) is 0.435. The Morgan fingerprint density at radius 2 is 1.52 bits per heavy atom. The van der Waals surface area contributed by atoms with Crippen LogP contribution in [0.15, 0.2) is 42.2 Å². The largest absolute Gasteiger partial charge is 0.462 e. The molecule has 0 saturated carbocycles. The molecule has 0 bridgehead atoms. The van der Waals surface area contributed by atoms with E-state index in [4.69, 9.17) is 9.94 Å². The van der Waals surface area contributed by atoms with Crippen LogP contribution in [0.4, 0.5) is 0 Å². The molecule has 6 heteroatoms. The smallest absolute Gasteiger partial charge is 0.253 e. The van der Waals surface area contributed by atoms with Gasteiger partial charge in [0.05, 0.1) is 11.7 Å². The minimum Gasteiger partial charge on any atom is -0.462 e. The van der Waals surface area contributed by atoms with E-state index in [-0.39, 0.29) is 11.6 Å². The van der Waals surface area contributed by atoms with Crippen LogP contribution in [0.1, 0.15) is 77.7 Å². The first-order chi connectivity index (χ1) is 13.8.